The third-order valence-electron chi connectivity index (χ3n) is 11.4. The van der Waals surface area contributed by atoms with Crippen molar-refractivity contribution in [3.63, 3.8) is 0 Å². The first-order valence-electron chi connectivity index (χ1n) is 18.5. The van der Waals surface area contributed by atoms with Crippen LogP contribution in [0.2, 0.25) is 0 Å². The molecule has 54 heavy (non-hydrogen) atoms. The van der Waals surface area contributed by atoms with Crippen molar-refractivity contribution in [2.24, 2.45) is 0 Å². The Labute approximate surface area is 312 Å². The van der Waals surface area contributed by atoms with Crippen molar-refractivity contribution in [1.29, 1.82) is 0 Å². The SMILES string of the molecule is Cc1cc(-n2c3ccccc3c3cc4c(cc32)C(C)(C)c2ccccc2-4)c2oc3ccccc3c2c1-c1nc(-c2ccccc2)nc(-c2ccccc2)n1. The highest BCUT2D eigenvalue weighted by atomic mass is 16.3. The zero-order valence-electron chi connectivity index (χ0n) is 30.1. The van der Waals surface area contributed by atoms with Gasteiger partial charge in [-0.15, -0.1) is 0 Å². The van der Waals surface area contributed by atoms with Crippen LogP contribution in [0.15, 0.2) is 156 Å². The van der Waals surface area contributed by atoms with Gasteiger partial charge in [0.25, 0.3) is 0 Å². The Morgan fingerprint density at radius 1 is 0.519 bits per heavy atom. The molecule has 0 saturated heterocycles. The minimum Gasteiger partial charge on any atom is -0.454 e. The van der Waals surface area contributed by atoms with Crippen LogP contribution in [-0.2, 0) is 5.41 Å². The van der Waals surface area contributed by atoms with Crippen LogP contribution in [0.5, 0.6) is 0 Å². The predicted molar refractivity (Wildman–Crippen MR) is 220 cm³/mol. The monoisotopic (exact) mass is 694 g/mol. The van der Waals surface area contributed by atoms with E-state index in [-0.39, 0.29) is 5.41 Å². The van der Waals surface area contributed by atoms with Gasteiger partial charge >= 0.3 is 0 Å². The summed E-state index contributed by atoms with van der Waals surface area (Å²) in [7, 11) is 0. The van der Waals surface area contributed by atoms with Gasteiger partial charge in [0, 0.05) is 43.7 Å². The molecule has 0 saturated carbocycles. The minimum atomic E-state index is -0.137. The number of hydrogen-bond donors (Lipinski definition) is 0. The van der Waals surface area contributed by atoms with E-state index < -0.39 is 0 Å². The smallest absolute Gasteiger partial charge is 0.165 e. The predicted octanol–water partition coefficient (Wildman–Crippen LogP) is 12.5. The molecule has 5 heteroatoms. The summed E-state index contributed by atoms with van der Waals surface area (Å²) in [4.78, 5) is 15.4. The molecule has 5 nitrogen and oxygen atoms in total. The van der Waals surface area contributed by atoms with Crippen LogP contribution in [0.25, 0.3) is 94.7 Å². The second-order valence-corrected chi connectivity index (χ2v) is 14.9. The fourth-order valence-corrected chi connectivity index (χ4v) is 8.81. The average Bonchev–Trinajstić information content (AvgIpc) is 3.83. The Kier molecular flexibility index (Phi) is 6.45. The summed E-state index contributed by atoms with van der Waals surface area (Å²) in [5.41, 5.74) is 13.9. The quantitative estimate of drug-likeness (QED) is 0.184. The van der Waals surface area contributed by atoms with Gasteiger partial charge in [-0.1, -0.05) is 135 Å². The fraction of sp³-hybridized carbons (Fsp3) is 0.0816. The third kappa shape index (κ3) is 4.36. The Morgan fingerprint density at radius 3 is 1.87 bits per heavy atom. The average molecular weight is 695 g/mol. The minimum absolute atomic E-state index is 0.137. The molecule has 0 spiro atoms. The molecule has 7 aromatic carbocycles. The topological polar surface area (TPSA) is 56.7 Å². The number of benzene rings is 7. The summed E-state index contributed by atoms with van der Waals surface area (Å²) in [6, 6.07) is 53.2. The number of furan rings is 1. The van der Waals surface area contributed by atoms with E-state index in [1.54, 1.807) is 0 Å². The number of hydrogen-bond acceptors (Lipinski definition) is 4. The summed E-state index contributed by atoms with van der Waals surface area (Å²) in [6.07, 6.45) is 0. The lowest BCUT2D eigenvalue weighted by Gasteiger charge is -2.22. The third-order valence-corrected chi connectivity index (χ3v) is 11.4. The van der Waals surface area contributed by atoms with Gasteiger partial charge in [-0.05, 0) is 65.1 Å². The Morgan fingerprint density at radius 2 is 1.13 bits per heavy atom. The summed E-state index contributed by atoms with van der Waals surface area (Å²) in [5, 5.41) is 4.44. The highest BCUT2D eigenvalue weighted by molar-refractivity contribution is 6.17. The Hall–Kier alpha value is -6.85. The second-order valence-electron chi connectivity index (χ2n) is 14.9. The van der Waals surface area contributed by atoms with E-state index in [1.807, 2.05) is 66.7 Å². The fourth-order valence-electron chi connectivity index (χ4n) is 8.81. The molecular formula is C49H34N4O. The van der Waals surface area contributed by atoms with Crippen molar-refractivity contribution < 1.29 is 4.42 Å². The van der Waals surface area contributed by atoms with Crippen molar-refractivity contribution >= 4 is 43.7 Å². The van der Waals surface area contributed by atoms with Crippen molar-refractivity contribution in [2.75, 3.05) is 0 Å². The van der Waals surface area contributed by atoms with E-state index in [1.165, 1.54) is 33.0 Å². The van der Waals surface area contributed by atoms with Crippen LogP contribution >= 0.6 is 0 Å². The van der Waals surface area contributed by atoms with Crippen LogP contribution < -0.4 is 0 Å². The van der Waals surface area contributed by atoms with Gasteiger partial charge in [-0.25, -0.2) is 15.0 Å². The van der Waals surface area contributed by atoms with Crippen molar-refractivity contribution in [1.82, 2.24) is 19.5 Å². The molecule has 1 aliphatic rings. The van der Waals surface area contributed by atoms with Gasteiger partial charge < -0.3 is 8.98 Å². The van der Waals surface area contributed by atoms with Crippen LogP contribution in [0.3, 0.4) is 0 Å². The first-order chi connectivity index (χ1) is 26.5. The second kappa shape index (κ2) is 11.3. The molecule has 0 radical (unpaired) electrons. The van der Waals surface area contributed by atoms with Crippen LogP contribution in [-0.4, -0.2) is 19.5 Å². The summed E-state index contributed by atoms with van der Waals surface area (Å²) < 4.78 is 9.35. The van der Waals surface area contributed by atoms with Crippen LogP contribution in [0.1, 0.15) is 30.5 Å². The van der Waals surface area contributed by atoms with Crippen LogP contribution in [0, 0.1) is 6.92 Å². The molecule has 0 fully saturated rings. The molecule has 0 atom stereocenters. The van der Waals surface area contributed by atoms with E-state index >= 15 is 0 Å². The Bertz CT molecular complexity index is 3080. The highest BCUT2D eigenvalue weighted by Crippen LogP contribution is 2.51. The van der Waals surface area contributed by atoms with E-state index in [2.05, 4.69) is 110 Å². The first-order valence-corrected chi connectivity index (χ1v) is 18.5. The lowest BCUT2D eigenvalue weighted by molar-refractivity contribution is 0.660. The number of nitrogens with zero attached hydrogens (tertiary/aromatic N) is 4. The lowest BCUT2D eigenvalue weighted by Crippen LogP contribution is -2.15. The maximum absolute atomic E-state index is 6.94. The van der Waals surface area contributed by atoms with Crippen molar-refractivity contribution in [2.45, 2.75) is 26.2 Å². The van der Waals surface area contributed by atoms with Crippen LogP contribution in [0.4, 0.5) is 0 Å². The molecule has 0 bridgehead atoms. The molecular weight excluding hydrogens is 661 g/mol. The first kappa shape index (κ1) is 30.7. The van der Waals surface area contributed by atoms with Gasteiger partial charge in [0.2, 0.25) is 0 Å². The van der Waals surface area contributed by atoms with E-state index in [0.717, 1.165) is 60.9 Å². The normalized spacial score (nSPS) is 13.2. The van der Waals surface area contributed by atoms with Crippen molar-refractivity contribution in [3.8, 4) is 51.0 Å². The standard InChI is InChI=1S/C49H34N4O/c1-29-26-41(53-39-24-14-11-21-33(39)36-27-35-32-20-10-13-23-37(32)49(2,3)38(35)28-40(36)53)45-44(34-22-12-15-25-42(34)54-45)43(29)48-51-46(30-16-6-4-7-17-30)50-47(52-48)31-18-8-5-9-19-31/h4-28H,1-3H3. The summed E-state index contributed by atoms with van der Waals surface area (Å²) in [6.45, 7) is 6.85. The zero-order valence-corrected chi connectivity index (χ0v) is 30.1. The summed E-state index contributed by atoms with van der Waals surface area (Å²) >= 11 is 0. The molecule has 0 unspecified atom stereocenters. The highest BCUT2D eigenvalue weighted by Gasteiger charge is 2.36. The Balaban J connectivity index is 1.23. The van der Waals surface area contributed by atoms with Crippen molar-refractivity contribution in [3.05, 3.63) is 168 Å². The lowest BCUT2D eigenvalue weighted by atomic mass is 9.82. The molecule has 10 aromatic rings. The number of para-hydroxylation sites is 2. The molecule has 0 aliphatic heterocycles. The number of aryl methyl sites for hydroxylation is 1. The largest absolute Gasteiger partial charge is 0.454 e. The van der Waals surface area contributed by atoms with Gasteiger partial charge in [0.15, 0.2) is 23.1 Å². The molecule has 256 valence electrons. The van der Waals surface area contributed by atoms with E-state index in [4.69, 9.17) is 19.4 Å². The molecule has 11 rings (SSSR count). The van der Waals surface area contributed by atoms with Gasteiger partial charge in [0.1, 0.15) is 5.58 Å². The zero-order chi connectivity index (χ0) is 36.1. The molecule has 1 aliphatic carbocycles. The van der Waals surface area contributed by atoms with E-state index in [9.17, 15) is 0 Å². The van der Waals surface area contributed by atoms with Gasteiger partial charge in [-0.2, -0.15) is 0 Å². The molecule has 3 heterocycles. The van der Waals surface area contributed by atoms with Gasteiger partial charge in [-0.3, -0.25) is 0 Å². The number of rotatable bonds is 4. The number of aromatic nitrogens is 4. The maximum Gasteiger partial charge on any atom is 0.165 e. The molecule has 0 N–H and O–H groups in total. The number of fused-ring (bicyclic) bond motifs is 9. The van der Waals surface area contributed by atoms with Gasteiger partial charge in [0.05, 0.1) is 16.7 Å². The molecule has 0 amide bonds. The summed E-state index contributed by atoms with van der Waals surface area (Å²) in [5.74, 6) is 1.87. The maximum atomic E-state index is 6.94. The van der Waals surface area contributed by atoms with E-state index in [0.29, 0.717) is 17.5 Å². The molecule has 3 aromatic heterocycles.